The Bertz CT molecular complexity index is 582. The number of anilines is 1. The molecule has 0 aliphatic rings. The molecule has 0 aliphatic heterocycles. The van der Waals surface area contributed by atoms with Gasteiger partial charge in [0.15, 0.2) is 0 Å². The normalized spacial score (nSPS) is 10.7. The van der Waals surface area contributed by atoms with Crippen molar-refractivity contribution in [3.8, 4) is 0 Å². The fraction of sp³-hybridized carbons (Fsp3) is 0.500. The van der Waals surface area contributed by atoms with Crippen LogP contribution in [0.5, 0.6) is 0 Å². The van der Waals surface area contributed by atoms with Crippen LogP contribution in [-0.2, 0) is 17.8 Å². The maximum absolute atomic E-state index is 11.9. The number of nitrogens with zero attached hydrogens (tertiary/aromatic N) is 5. The summed E-state index contributed by atoms with van der Waals surface area (Å²) >= 11 is 1.21. The number of thioether (sulfide) groups is 1. The van der Waals surface area contributed by atoms with Gasteiger partial charge in [-0.3, -0.25) is 4.79 Å². The van der Waals surface area contributed by atoms with Crippen LogP contribution in [0.4, 0.5) is 5.95 Å². The lowest BCUT2D eigenvalue weighted by molar-refractivity contribution is -0.127. The lowest BCUT2D eigenvalue weighted by Gasteiger charge is -2.13. The summed E-state index contributed by atoms with van der Waals surface area (Å²) in [5.41, 5.74) is 5.40. The Morgan fingerprint density at radius 3 is 2.80 bits per heavy atom. The van der Waals surface area contributed by atoms with E-state index in [-0.39, 0.29) is 24.2 Å². The largest absolute Gasteiger partial charge is 0.423 e. The van der Waals surface area contributed by atoms with Crippen molar-refractivity contribution >= 4 is 23.6 Å². The minimum Gasteiger partial charge on any atom is -0.423 e. The van der Waals surface area contributed by atoms with E-state index in [4.69, 9.17) is 10.2 Å². The van der Waals surface area contributed by atoms with E-state index >= 15 is 0 Å². The Balaban J connectivity index is 1.82. The molecule has 1 amide bonds. The van der Waals surface area contributed by atoms with Gasteiger partial charge in [0.1, 0.15) is 0 Å². The van der Waals surface area contributed by atoms with Crippen molar-refractivity contribution in [1.29, 1.82) is 0 Å². The third-order valence-electron chi connectivity index (χ3n) is 2.42. The van der Waals surface area contributed by atoms with Crippen molar-refractivity contribution in [2.24, 2.45) is 0 Å². The first-order chi connectivity index (χ1) is 9.58. The van der Waals surface area contributed by atoms with Crippen LogP contribution in [0.2, 0.25) is 0 Å². The van der Waals surface area contributed by atoms with Crippen LogP contribution in [0.1, 0.15) is 18.7 Å². The molecule has 0 radical (unpaired) electrons. The lowest BCUT2D eigenvalue weighted by Crippen LogP contribution is -2.28. The Hall–Kier alpha value is -2.10. The Morgan fingerprint density at radius 2 is 2.20 bits per heavy atom. The first kappa shape index (κ1) is 14.3. The van der Waals surface area contributed by atoms with Crippen molar-refractivity contribution in [3.63, 3.8) is 0 Å². The third-order valence-corrected chi connectivity index (χ3v) is 3.25. The van der Waals surface area contributed by atoms with E-state index < -0.39 is 0 Å². The van der Waals surface area contributed by atoms with Crippen molar-refractivity contribution in [2.75, 3.05) is 18.5 Å². The van der Waals surface area contributed by atoms with E-state index in [1.807, 2.05) is 6.92 Å². The van der Waals surface area contributed by atoms with Crippen molar-refractivity contribution < 1.29 is 9.21 Å². The van der Waals surface area contributed by atoms with Gasteiger partial charge in [0, 0.05) is 13.5 Å². The fourth-order valence-corrected chi connectivity index (χ4v) is 2.09. The summed E-state index contributed by atoms with van der Waals surface area (Å²) in [6, 6.07) is 0. The van der Waals surface area contributed by atoms with Gasteiger partial charge in [-0.05, 0) is 0 Å². The highest BCUT2D eigenvalue weighted by Gasteiger charge is 2.14. The van der Waals surface area contributed by atoms with Crippen LogP contribution >= 0.6 is 11.8 Å². The second-order valence-corrected chi connectivity index (χ2v) is 4.93. The number of rotatable bonds is 6. The number of H-pyrrole nitrogens is 1. The highest BCUT2D eigenvalue weighted by molar-refractivity contribution is 7.99. The number of hydrogen-bond acceptors (Lipinski definition) is 8. The Morgan fingerprint density at radius 1 is 1.45 bits per heavy atom. The maximum atomic E-state index is 11.9. The zero-order chi connectivity index (χ0) is 14.5. The smallest absolute Gasteiger partial charge is 0.235 e. The van der Waals surface area contributed by atoms with Crippen molar-refractivity contribution in [3.05, 3.63) is 11.8 Å². The van der Waals surface area contributed by atoms with Gasteiger partial charge in [0.2, 0.25) is 28.8 Å². The number of nitrogen functional groups attached to an aromatic ring is 1. The van der Waals surface area contributed by atoms with Crippen LogP contribution in [-0.4, -0.2) is 49.0 Å². The molecular weight excluding hydrogens is 282 g/mol. The molecule has 2 rings (SSSR count). The number of carbonyl (C=O) groups is 1. The summed E-state index contributed by atoms with van der Waals surface area (Å²) < 4.78 is 5.35. The van der Waals surface area contributed by atoms with Crippen molar-refractivity contribution in [2.45, 2.75) is 25.0 Å². The molecular formula is C10H15N7O2S. The van der Waals surface area contributed by atoms with Crippen molar-refractivity contribution in [1.82, 2.24) is 30.3 Å². The maximum Gasteiger partial charge on any atom is 0.235 e. The summed E-state index contributed by atoms with van der Waals surface area (Å²) in [6.07, 6.45) is 0.673. The van der Waals surface area contributed by atoms with E-state index in [1.165, 1.54) is 16.7 Å². The average Bonchev–Trinajstić information content (AvgIpc) is 3.04. The second-order valence-electron chi connectivity index (χ2n) is 3.98. The third kappa shape index (κ3) is 3.70. The van der Waals surface area contributed by atoms with Gasteiger partial charge in [-0.2, -0.15) is 4.98 Å². The fourth-order valence-electron chi connectivity index (χ4n) is 1.35. The number of amides is 1. The van der Waals surface area contributed by atoms with E-state index in [2.05, 4.69) is 25.4 Å². The first-order valence-electron chi connectivity index (χ1n) is 5.94. The monoisotopic (exact) mass is 297 g/mol. The standard InChI is InChI=1S/C10H15N7O2S/c1-3-6-13-14-7(19-6)4-17(2)8(18)5-20-10-12-9(11)15-16-10/h3-5H2,1-2H3,(H3,11,12,15,16). The number of nitrogens with one attached hydrogen (secondary N) is 1. The zero-order valence-corrected chi connectivity index (χ0v) is 12.0. The van der Waals surface area contributed by atoms with Crippen LogP contribution in [0.3, 0.4) is 0 Å². The number of hydrogen-bond donors (Lipinski definition) is 2. The van der Waals surface area contributed by atoms with Gasteiger partial charge >= 0.3 is 0 Å². The molecule has 9 nitrogen and oxygen atoms in total. The van der Waals surface area contributed by atoms with E-state index in [9.17, 15) is 4.79 Å². The van der Waals surface area contributed by atoms with E-state index in [1.54, 1.807) is 7.05 Å². The summed E-state index contributed by atoms with van der Waals surface area (Å²) in [5, 5.41) is 14.5. The molecule has 3 N–H and O–H groups in total. The highest BCUT2D eigenvalue weighted by Crippen LogP contribution is 2.14. The van der Waals surface area contributed by atoms with Crippen LogP contribution in [0.15, 0.2) is 9.57 Å². The number of aryl methyl sites for hydroxylation is 1. The van der Waals surface area contributed by atoms with Crippen LogP contribution in [0, 0.1) is 0 Å². The molecule has 0 spiro atoms. The molecule has 0 atom stereocenters. The van der Waals surface area contributed by atoms with Crippen LogP contribution < -0.4 is 5.73 Å². The zero-order valence-electron chi connectivity index (χ0n) is 11.2. The SMILES string of the molecule is CCc1nnc(CN(C)C(=O)CSc2n[nH]c(N)n2)o1. The predicted molar refractivity (Wildman–Crippen MR) is 71.7 cm³/mol. The molecule has 0 aliphatic carbocycles. The molecule has 0 fully saturated rings. The number of carbonyl (C=O) groups excluding carboxylic acids is 1. The van der Waals surface area contributed by atoms with E-state index in [0.29, 0.717) is 23.4 Å². The molecule has 0 bridgehead atoms. The topological polar surface area (TPSA) is 127 Å². The quantitative estimate of drug-likeness (QED) is 0.718. The molecule has 10 heteroatoms. The number of aromatic nitrogens is 5. The molecule has 2 aromatic heterocycles. The summed E-state index contributed by atoms with van der Waals surface area (Å²) in [7, 11) is 1.67. The Kier molecular flexibility index (Phi) is 4.56. The lowest BCUT2D eigenvalue weighted by atomic mass is 10.5. The Labute approximate surface area is 119 Å². The number of aromatic amines is 1. The van der Waals surface area contributed by atoms with Gasteiger partial charge in [0.25, 0.3) is 0 Å². The minimum absolute atomic E-state index is 0.0883. The second kappa shape index (κ2) is 6.37. The van der Waals surface area contributed by atoms with E-state index in [0.717, 1.165) is 0 Å². The summed E-state index contributed by atoms with van der Waals surface area (Å²) in [6.45, 7) is 2.20. The van der Waals surface area contributed by atoms with Gasteiger partial charge in [-0.25, -0.2) is 5.10 Å². The van der Waals surface area contributed by atoms with Gasteiger partial charge < -0.3 is 15.1 Å². The molecule has 108 valence electrons. The molecule has 0 saturated heterocycles. The molecule has 2 heterocycles. The molecule has 0 aromatic carbocycles. The molecule has 0 unspecified atom stereocenters. The molecule has 2 aromatic rings. The average molecular weight is 297 g/mol. The van der Waals surface area contributed by atoms with Gasteiger partial charge in [0.05, 0.1) is 12.3 Å². The minimum atomic E-state index is -0.0883. The predicted octanol–water partition coefficient (Wildman–Crippen LogP) is 0.0830. The highest BCUT2D eigenvalue weighted by atomic mass is 32.2. The van der Waals surface area contributed by atoms with Crippen LogP contribution in [0.25, 0.3) is 0 Å². The van der Waals surface area contributed by atoms with Gasteiger partial charge in [-0.15, -0.1) is 15.3 Å². The number of nitrogens with two attached hydrogens (primary N) is 1. The van der Waals surface area contributed by atoms with Gasteiger partial charge in [-0.1, -0.05) is 18.7 Å². The summed E-state index contributed by atoms with van der Waals surface area (Å²) in [5.74, 6) is 1.33. The molecule has 20 heavy (non-hydrogen) atoms. The summed E-state index contributed by atoms with van der Waals surface area (Å²) in [4.78, 5) is 17.3. The molecule has 0 saturated carbocycles. The first-order valence-corrected chi connectivity index (χ1v) is 6.93.